The summed E-state index contributed by atoms with van der Waals surface area (Å²) in [5.41, 5.74) is 2.10. The lowest BCUT2D eigenvalue weighted by atomic mass is 9.94. The topological polar surface area (TPSA) is 58.6 Å². The molecule has 1 fully saturated rings. The fraction of sp³-hybridized carbons (Fsp3) is 0.619. The molecule has 1 aromatic rings. The third-order valence-electron chi connectivity index (χ3n) is 5.28. The number of ether oxygens (including phenoxy) is 1. The lowest BCUT2D eigenvalue weighted by Crippen LogP contribution is -2.37. The molecule has 1 heterocycles. The summed E-state index contributed by atoms with van der Waals surface area (Å²) in [6.45, 7) is 5.81. The van der Waals surface area contributed by atoms with Crippen molar-refractivity contribution in [3.8, 4) is 0 Å². The van der Waals surface area contributed by atoms with Crippen LogP contribution in [0.15, 0.2) is 18.2 Å². The third kappa shape index (κ3) is 4.26. The second-order valence-corrected chi connectivity index (χ2v) is 7.59. The Morgan fingerprint density at radius 1 is 1.27 bits per heavy atom. The maximum atomic E-state index is 13.0. The van der Waals surface area contributed by atoms with Crippen LogP contribution in [0.1, 0.15) is 78.7 Å². The molecule has 5 nitrogen and oxygen atoms in total. The van der Waals surface area contributed by atoms with Crippen molar-refractivity contribution >= 4 is 11.8 Å². The van der Waals surface area contributed by atoms with E-state index in [-0.39, 0.29) is 17.9 Å². The van der Waals surface area contributed by atoms with Crippen LogP contribution in [0, 0.1) is 0 Å². The summed E-state index contributed by atoms with van der Waals surface area (Å²) >= 11 is 0. The highest BCUT2D eigenvalue weighted by atomic mass is 16.5. The number of nitrogens with one attached hydrogen (secondary N) is 1. The first-order chi connectivity index (χ1) is 12.6. The van der Waals surface area contributed by atoms with Gasteiger partial charge in [0.2, 0.25) is 0 Å². The van der Waals surface area contributed by atoms with Crippen LogP contribution in [0.2, 0.25) is 0 Å². The molecule has 5 heteroatoms. The number of benzene rings is 1. The van der Waals surface area contributed by atoms with Gasteiger partial charge in [0.25, 0.3) is 11.8 Å². The zero-order chi connectivity index (χ0) is 18.5. The second kappa shape index (κ2) is 8.67. The Morgan fingerprint density at radius 2 is 2.04 bits per heavy atom. The van der Waals surface area contributed by atoms with E-state index in [1.807, 2.05) is 30.9 Å². The van der Waals surface area contributed by atoms with Crippen LogP contribution in [0.3, 0.4) is 0 Å². The zero-order valence-corrected chi connectivity index (χ0v) is 15.9. The molecule has 0 spiro atoms. The van der Waals surface area contributed by atoms with E-state index in [4.69, 9.17) is 4.74 Å². The minimum Gasteiger partial charge on any atom is -0.379 e. The van der Waals surface area contributed by atoms with Crippen LogP contribution < -0.4 is 5.32 Å². The van der Waals surface area contributed by atoms with Gasteiger partial charge in [-0.3, -0.25) is 9.59 Å². The van der Waals surface area contributed by atoms with Crippen LogP contribution in [-0.2, 0) is 11.3 Å². The lowest BCUT2D eigenvalue weighted by Gasteiger charge is -2.30. The summed E-state index contributed by atoms with van der Waals surface area (Å²) in [6, 6.07) is 5.95. The molecule has 0 bridgehead atoms. The molecule has 2 amide bonds. The largest absolute Gasteiger partial charge is 0.379 e. The molecule has 1 N–H and O–H groups in total. The predicted molar refractivity (Wildman–Crippen MR) is 101 cm³/mol. The Bertz CT molecular complexity index is 651. The van der Waals surface area contributed by atoms with Crippen molar-refractivity contribution in [1.29, 1.82) is 0 Å². The predicted octanol–water partition coefficient (Wildman–Crippen LogP) is 3.52. The molecule has 0 saturated heterocycles. The van der Waals surface area contributed by atoms with Crippen molar-refractivity contribution in [2.45, 2.75) is 71.1 Å². The van der Waals surface area contributed by atoms with Gasteiger partial charge in [0.15, 0.2) is 0 Å². The Morgan fingerprint density at radius 3 is 2.77 bits per heavy atom. The number of carbonyl (C=O) groups excluding carboxylic acids is 2. The number of carbonyl (C=O) groups is 2. The van der Waals surface area contributed by atoms with Gasteiger partial charge in [-0.15, -0.1) is 0 Å². The summed E-state index contributed by atoms with van der Waals surface area (Å²) in [5.74, 6) is -0.133. The third-order valence-corrected chi connectivity index (χ3v) is 5.28. The van der Waals surface area contributed by atoms with Gasteiger partial charge in [0, 0.05) is 25.7 Å². The highest BCUT2D eigenvalue weighted by Gasteiger charge is 2.35. The smallest absolute Gasteiger partial charge is 0.255 e. The lowest BCUT2D eigenvalue weighted by molar-refractivity contribution is 0.0655. The number of nitrogens with zero attached hydrogens (tertiary/aromatic N) is 1. The number of hydrogen-bond donors (Lipinski definition) is 1. The first kappa shape index (κ1) is 18.9. The SMILES string of the molecule is CC(C)OCCCNC(=O)c1cccc2c1C(=O)N(C1CCCCC1)C2. The minimum absolute atomic E-state index is 0.0285. The van der Waals surface area contributed by atoms with E-state index < -0.39 is 0 Å². The fourth-order valence-electron chi connectivity index (χ4n) is 3.95. The van der Waals surface area contributed by atoms with Gasteiger partial charge < -0.3 is 15.0 Å². The van der Waals surface area contributed by atoms with Crippen molar-refractivity contribution in [1.82, 2.24) is 10.2 Å². The van der Waals surface area contributed by atoms with Crippen molar-refractivity contribution in [2.75, 3.05) is 13.2 Å². The highest BCUT2D eigenvalue weighted by Crippen LogP contribution is 2.32. The van der Waals surface area contributed by atoms with Crippen molar-refractivity contribution in [3.05, 3.63) is 34.9 Å². The number of rotatable bonds is 7. The maximum absolute atomic E-state index is 13.0. The van der Waals surface area contributed by atoms with Gasteiger partial charge in [-0.05, 0) is 44.7 Å². The summed E-state index contributed by atoms with van der Waals surface area (Å²) in [4.78, 5) is 27.6. The molecule has 1 saturated carbocycles. The monoisotopic (exact) mass is 358 g/mol. The highest BCUT2D eigenvalue weighted by molar-refractivity contribution is 6.09. The van der Waals surface area contributed by atoms with E-state index in [1.165, 1.54) is 19.3 Å². The van der Waals surface area contributed by atoms with Gasteiger partial charge in [-0.25, -0.2) is 0 Å². The molecule has 1 aliphatic heterocycles. The molecule has 2 aliphatic rings. The average molecular weight is 358 g/mol. The summed E-state index contributed by atoms with van der Waals surface area (Å²) in [6.07, 6.45) is 6.77. The normalized spacial score (nSPS) is 17.7. The van der Waals surface area contributed by atoms with Gasteiger partial charge >= 0.3 is 0 Å². The van der Waals surface area contributed by atoms with E-state index in [1.54, 1.807) is 6.07 Å². The van der Waals surface area contributed by atoms with E-state index in [2.05, 4.69) is 5.32 Å². The molecule has 0 atom stereocenters. The summed E-state index contributed by atoms with van der Waals surface area (Å²) in [7, 11) is 0. The molecule has 1 aromatic carbocycles. The van der Waals surface area contributed by atoms with Gasteiger partial charge in [0.1, 0.15) is 0 Å². The van der Waals surface area contributed by atoms with Crippen LogP contribution >= 0.6 is 0 Å². The molecular weight excluding hydrogens is 328 g/mol. The van der Waals surface area contributed by atoms with E-state index in [0.717, 1.165) is 24.8 Å². The molecule has 0 unspecified atom stereocenters. The zero-order valence-electron chi connectivity index (χ0n) is 15.9. The Hall–Kier alpha value is -1.88. The molecule has 26 heavy (non-hydrogen) atoms. The number of amides is 2. The number of hydrogen-bond acceptors (Lipinski definition) is 3. The molecular formula is C21H30N2O3. The Labute approximate surface area is 156 Å². The van der Waals surface area contributed by atoms with Crippen LogP contribution in [-0.4, -0.2) is 42.0 Å². The van der Waals surface area contributed by atoms with E-state index in [9.17, 15) is 9.59 Å². The van der Waals surface area contributed by atoms with E-state index in [0.29, 0.717) is 36.9 Å². The van der Waals surface area contributed by atoms with Crippen LogP contribution in [0.5, 0.6) is 0 Å². The second-order valence-electron chi connectivity index (χ2n) is 7.59. The quantitative estimate of drug-likeness (QED) is 0.759. The Balaban J connectivity index is 1.63. The molecule has 1 aliphatic carbocycles. The maximum Gasteiger partial charge on any atom is 0.255 e. The fourth-order valence-corrected chi connectivity index (χ4v) is 3.95. The molecule has 3 rings (SSSR count). The summed E-state index contributed by atoms with van der Waals surface area (Å²) in [5, 5.41) is 2.93. The van der Waals surface area contributed by atoms with Crippen molar-refractivity contribution < 1.29 is 14.3 Å². The van der Waals surface area contributed by atoms with Gasteiger partial charge in [0.05, 0.1) is 17.2 Å². The first-order valence-electron chi connectivity index (χ1n) is 9.90. The molecule has 0 aromatic heterocycles. The molecule has 0 radical (unpaired) electrons. The van der Waals surface area contributed by atoms with Gasteiger partial charge in [-0.2, -0.15) is 0 Å². The Kier molecular flexibility index (Phi) is 6.30. The van der Waals surface area contributed by atoms with E-state index >= 15 is 0 Å². The minimum atomic E-state index is -0.162. The number of fused-ring (bicyclic) bond motifs is 1. The molecule has 142 valence electrons. The summed E-state index contributed by atoms with van der Waals surface area (Å²) < 4.78 is 5.49. The van der Waals surface area contributed by atoms with Crippen molar-refractivity contribution in [2.24, 2.45) is 0 Å². The van der Waals surface area contributed by atoms with Crippen LogP contribution in [0.25, 0.3) is 0 Å². The van der Waals surface area contributed by atoms with Crippen molar-refractivity contribution in [3.63, 3.8) is 0 Å². The first-order valence-corrected chi connectivity index (χ1v) is 9.90. The van der Waals surface area contributed by atoms with Crippen LogP contribution in [0.4, 0.5) is 0 Å². The van der Waals surface area contributed by atoms with Gasteiger partial charge in [-0.1, -0.05) is 31.4 Å². The standard InChI is InChI=1S/C21H30N2O3/c1-15(2)26-13-7-12-22-20(24)18-11-6-8-16-14-23(21(25)19(16)18)17-9-4-3-5-10-17/h6,8,11,15,17H,3-5,7,9-10,12-14H2,1-2H3,(H,22,24). The average Bonchev–Trinajstić information content (AvgIpc) is 2.99.